The molecule has 0 radical (unpaired) electrons. The van der Waals surface area contributed by atoms with E-state index < -0.39 is 49.5 Å². The van der Waals surface area contributed by atoms with Crippen LogP contribution in [0.1, 0.15) is 206 Å². The number of hydrogen-bond donors (Lipinski definition) is 6. The maximum absolute atomic E-state index is 12.9. The number of amides is 1. The van der Waals surface area contributed by atoms with Gasteiger partial charge < -0.3 is 40.3 Å². The van der Waals surface area contributed by atoms with E-state index in [0.29, 0.717) is 12.8 Å². The molecule has 0 spiro atoms. The van der Waals surface area contributed by atoms with Crippen LogP contribution < -0.4 is 5.32 Å². The topological polar surface area (TPSA) is 149 Å². The second kappa shape index (κ2) is 35.4. The van der Waals surface area contributed by atoms with E-state index in [2.05, 4.69) is 31.3 Å². The van der Waals surface area contributed by atoms with Crippen LogP contribution in [0.4, 0.5) is 0 Å². The minimum atomic E-state index is -1.55. The molecular weight excluding hydrogens is 670 g/mol. The van der Waals surface area contributed by atoms with Crippen LogP contribution in [0.2, 0.25) is 0 Å². The summed E-state index contributed by atoms with van der Waals surface area (Å²) in [5.74, 6) is -0.150. The smallest absolute Gasteiger partial charge is 0.220 e. The molecule has 1 aliphatic heterocycles. The lowest BCUT2D eigenvalue weighted by Crippen LogP contribution is -2.60. The summed E-state index contributed by atoms with van der Waals surface area (Å²) in [5.41, 5.74) is 0. The Morgan fingerprint density at radius 1 is 0.623 bits per heavy atom. The van der Waals surface area contributed by atoms with Crippen molar-refractivity contribution in [3.8, 4) is 0 Å². The molecule has 7 unspecified atom stereocenters. The molecule has 1 aliphatic rings. The van der Waals surface area contributed by atoms with Gasteiger partial charge in [-0.05, 0) is 38.5 Å². The van der Waals surface area contributed by atoms with Crippen molar-refractivity contribution < 1.29 is 39.8 Å². The zero-order valence-electron chi connectivity index (χ0n) is 34.3. The van der Waals surface area contributed by atoms with Crippen LogP contribution in [0.25, 0.3) is 0 Å². The Morgan fingerprint density at radius 2 is 1.06 bits per heavy atom. The average molecular weight is 756 g/mol. The summed E-state index contributed by atoms with van der Waals surface area (Å²) in [6.07, 6.45) is 32.3. The lowest BCUT2D eigenvalue weighted by molar-refractivity contribution is -0.302. The van der Waals surface area contributed by atoms with Crippen LogP contribution >= 0.6 is 0 Å². The molecule has 0 bridgehead atoms. The lowest BCUT2D eigenvalue weighted by Gasteiger charge is -2.40. The first-order valence-corrected chi connectivity index (χ1v) is 22.4. The van der Waals surface area contributed by atoms with Gasteiger partial charge in [0.15, 0.2) is 6.29 Å². The molecule has 0 aromatic carbocycles. The number of carbonyl (C=O) groups excluding carboxylic acids is 1. The summed E-state index contributed by atoms with van der Waals surface area (Å²) in [4.78, 5) is 12.9. The van der Waals surface area contributed by atoms with Gasteiger partial charge in [0.2, 0.25) is 5.91 Å². The van der Waals surface area contributed by atoms with E-state index in [4.69, 9.17) is 9.47 Å². The average Bonchev–Trinajstić information content (AvgIpc) is 3.16. The fourth-order valence-corrected chi connectivity index (χ4v) is 7.21. The highest BCUT2D eigenvalue weighted by Crippen LogP contribution is 2.23. The number of rotatable bonds is 37. The Morgan fingerprint density at radius 3 is 1.53 bits per heavy atom. The summed E-state index contributed by atoms with van der Waals surface area (Å²) in [7, 11) is 0. The van der Waals surface area contributed by atoms with Gasteiger partial charge in [0.05, 0.1) is 25.4 Å². The molecular formula is C44H85NO8. The van der Waals surface area contributed by atoms with Crippen LogP contribution in [0, 0.1) is 0 Å². The summed E-state index contributed by atoms with van der Waals surface area (Å²) >= 11 is 0. The molecule has 53 heavy (non-hydrogen) atoms. The van der Waals surface area contributed by atoms with E-state index in [0.717, 1.165) is 38.5 Å². The van der Waals surface area contributed by atoms with Crippen molar-refractivity contribution in [1.82, 2.24) is 5.32 Å². The summed E-state index contributed by atoms with van der Waals surface area (Å²) in [5, 5.41) is 54.1. The van der Waals surface area contributed by atoms with Crippen molar-refractivity contribution in [2.75, 3.05) is 13.2 Å². The van der Waals surface area contributed by atoms with Gasteiger partial charge in [-0.3, -0.25) is 4.79 Å². The number of aliphatic hydroxyl groups excluding tert-OH is 5. The number of allylic oxidation sites excluding steroid dienone is 2. The van der Waals surface area contributed by atoms with E-state index in [1.54, 1.807) is 0 Å². The molecule has 0 aromatic rings. The Labute approximate surface area is 325 Å². The van der Waals surface area contributed by atoms with Gasteiger partial charge in [0.1, 0.15) is 24.4 Å². The predicted molar refractivity (Wildman–Crippen MR) is 217 cm³/mol. The number of carbonyl (C=O) groups is 1. The molecule has 1 heterocycles. The van der Waals surface area contributed by atoms with Gasteiger partial charge in [0.25, 0.3) is 0 Å². The minimum Gasteiger partial charge on any atom is -0.394 e. The van der Waals surface area contributed by atoms with E-state index >= 15 is 0 Å². The molecule has 0 saturated carbocycles. The zero-order valence-corrected chi connectivity index (χ0v) is 34.3. The van der Waals surface area contributed by atoms with Crippen molar-refractivity contribution in [2.24, 2.45) is 0 Å². The number of aliphatic hydroxyl groups is 5. The van der Waals surface area contributed by atoms with E-state index in [1.165, 1.54) is 141 Å². The number of ether oxygens (including phenoxy) is 2. The first-order valence-electron chi connectivity index (χ1n) is 22.4. The van der Waals surface area contributed by atoms with E-state index in [-0.39, 0.29) is 12.5 Å². The Balaban J connectivity index is 2.26. The Bertz CT molecular complexity index is 842. The normalized spacial score (nSPS) is 21.7. The van der Waals surface area contributed by atoms with Gasteiger partial charge in [-0.2, -0.15) is 0 Å². The molecule has 7 atom stereocenters. The van der Waals surface area contributed by atoms with Crippen molar-refractivity contribution in [2.45, 2.75) is 249 Å². The molecule has 314 valence electrons. The second-order valence-electron chi connectivity index (χ2n) is 15.8. The van der Waals surface area contributed by atoms with Gasteiger partial charge in [0, 0.05) is 6.42 Å². The molecule has 1 fully saturated rings. The SMILES string of the molecule is CCCCCCCCCCCC/C=C\CCCCCCCCCC(=O)NC(COC1OC(CO)C(O)C(O)C1O)C(O)CCCCCCCCCCC. The van der Waals surface area contributed by atoms with Gasteiger partial charge >= 0.3 is 0 Å². The number of unbranched alkanes of at least 4 members (excludes halogenated alkanes) is 25. The van der Waals surface area contributed by atoms with E-state index in [9.17, 15) is 30.3 Å². The zero-order chi connectivity index (χ0) is 38.8. The first kappa shape index (κ1) is 49.9. The fourth-order valence-electron chi connectivity index (χ4n) is 7.21. The highest BCUT2D eigenvalue weighted by molar-refractivity contribution is 5.76. The van der Waals surface area contributed by atoms with Gasteiger partial charge in [-0.15, -0.1) is 0 Å². The number of nitrogens with one attached hydrogen (secondary N) is 1. The van der Waals surface area contributed by atoms with Crippen LogP contribution in [0.5, 0.6) is 0 Å². The maximum Gasteiger partial charge on any atom is 0.220 e. The largest absolute Gasteiger partial charge is 0.394 e. The fraction of sp³-hybridized carbons (Fsp3) is 0.932. The standard InChI is InChI=1S/C44H85NO8/c1-3-5-7-9-11-13-14-15-16-17-18-19-20-21-22-23-24-26-28-30-32-34-40(48)45-37(38(47)33-31-29-27-25-12-10-8-6-4-2)36-52-44-43(51)42(50)41(49)39(35-46)53-44/h19-20,37-39,41-44,46-47,49-51H,3-18,21-36H2,1-2H3,(H,45,48)/b20-19-. The van der Waals surface area contributed by atoms with Crippen LogP contribution in [0.3, 0.4) is 0 Å². The summed E-state index contributed by atoms with van der Waals surface area (Å²) in [6, 6.07) is -0.715. The van der Waals surface area contributed by atoms with Crippen molar-refractivity contribution in [1.29, 1.82) is 0 Å². The van der Waals surface area contributed by atoms with Gasteiger partial charge in [-0.25, -0.2) is 0 Å². The molecule has 1 rings (SSSR count). The van der Waals surface area contributed by atoms with Crippen molar-refractivity contribution in [3.63, 3.8) is 0 Å². The highest BCUT2D eigenvalue weighted by Gasteiger charge is 2.44. The minimum absolute atomic E-state index is 0.137. The van der Waals surface area contributed by atoms with E-state index in [1.807, 2.05) is 0 Å². The molecule has 9 heteroatoms. The quantitative estimate of drug-likeness (QED) is 0.0272. The predicted octanol–water partition coefficient (Wildman–Crippen LogP) is 8.95. The van der Waals surface area contributed by atoms with Gasteiger partial charge in [-0.1, -0.05) is 174 Å². The summed E-state index contributed by atoms with van der Waals surface area (Å²) in [6.45, 7) is 3.81. The summed E-state index contributed by atoms with van der Waals surface area (Å²) < 4.78 is 11.2. The first-order chi connectivity index (χ1) is 25.8. The highest BCUT2D eigenvalue weighted by atomic mass is 16.7. The molecule has 0 aliphatic carbocycles. The maximum atomic E-state index is 12.9. The number of hydrogen-bond acceptors (Lipinski definition) is 8. The lowest BCUT2D eigenvalue weighted by atomic mass is 9.99. The van der Waals surface area contributed by atoms with Crippen LogP contribution in [-0.2, 0) is 14.3 Å². The third-order valence-corrected chi connectivity index (χ3v) is 10.9. The monoisotopic (exact) mass is 756 g/mol. The molecule has 6 N–H and O–H groups in total. The second-order valence-corrected chi connectivity index (χ2v) is 15.8. The third kappa shape index (κ3) is 26.4. The van der Waals surface area contributed by atoms with Crippen LogP contribution in [0.15, 0.2) is 12.2 Å². The van der Waals surface area contributed by atoms with Crippen molar-refractivity contribution >= 4 is 5.91 Å². The Hall–Kier alpha value is -1.07. The Kier molecular flexibility index (Phi) is 33.3. The van der Waals surface area contributed by atoms with Crippen molar-refractivity contribution in [3.05, 3.63) is 12.2 Å². The molecule has 9 nitrogen and oxygen atoms in total. The molecule has 1 saturated heterocycles. The molecule has 0 aromatic heterocycles. The van der Waals surface area contributed by atoms with Crippen LogP contribution in [-0.4, -0.2) is 87.5 Å². The third-order valence-electron chi connectivity index (χ3n) is 10.9. The molecule has 1 amide bonds.